The Morgan fingerprint density at radius 3 is 2.83 bits per heavy atom. The van der Waals surface area contributed by atoms with E-state index in [0.29, 0.717) is 5.13 Å². The molecule has 18 heavy (non-hydrogen) atoms. The van der Waals surface area contributed by atoms with E-state index in [0.717, 1.165) is 10.1 Å². The monoisotopic (exact) mass is 327 g/mol. The van der Waals surface area contributed by atoms with Crippen molar-refractivity contribution in [2.24, 2.45) is 0 Å². The summed E-state index contributed by atoms with van der Waals surface area (Å²) >= 11 is 2.80. The molecule has 1 aliphatic rings. The summed E-state index contributed by atoms with van der Waals surface area (Å²) in [5.74, 6) is 0.578. The predicted molar refractivity (Wildman–Crippen MR) is 71.8 cm³/mol. The van der Waals surface area contributed by atoms with Gasteiger partial charge in [-0.25, -0.2) is 8.42 Å². The second kappa shape index (κ2) is 5.32. The highest BCUT2D eigenvalue weighted by atomic mass is 35.7. The normalized spacial score (nSPS) is 20.7. The summed E-state index contributed by atoms with van der Waals surface area (Å²) in [4.78, 5) is 13.1. The Bertz CT molecular complexity index is 559. The van der Waals surface area contributed by atoms with Gasteiger partial charge in [0.25, 0.3) is 0 Å². The number of anilines is 1. The van der Waals surface area contributed by atoms with Crippen LogP contribution >= 0.6 is 33.8 Å². The van der Waals surface area contributed by atoms with Crippen LogP contribution in [0.4, 0.5) is 5.13 Å². The summed E-state index contributed by atoms with van der Waals surface area (Å²) in [5, 5.41) is 7.39. The average molecular weight is 328 g/mol. The molecule has 0 bridgehead atoms. The van der Waals surface area contributed by atoms with Crippen molar-refractivity contribution >= 4 is 53.9 Å². The van der Waals surface area contributed by atoms with Gasteiger partial charge in [0, 0.05) is 23.6 Å². The lowest BCUT2D eigenvalue weighted by atomic mass is 10.4. The molecule has 0 radical (unpaired) electrons. The summed E-state index contributed by atoms with van der Waals surface area (Å²) in [5.41, 5.74) is 0. The molecule has 2 rings (SSSR count). The average Bonchev–Trinajstić information content (AvgIpc) is 2.84. The number of carbonyl (C=O) groups excluding carboxylic acids is 1. The molecule has 0 saturated carbocycles. The van der Waals surface area contributed by atoms with E-state index >= 15 is 0 Å². The third-order valence-corrected chi connectivity index (χ3v) is 6.21. The SMILES string of the molecule is CCSc1nnc(N2CC(S(=O)(=O)Cl)CC2=O)s1. The maximum atomic E-state index is 11.7. The second-order valence-corrected chi connectivity index (χ2v) is 8.96. The fourth-order valence-corrected chi connectivity index (χ4v) is 4.33. The number of rotatable bonds is 4. The summed E-state index contributed by atoms with van der Waals surface area (Å²) in [6, 6.07) is 0. The Morgan fingerprint density at radius 1 is 1.56 bits per heavy atom. The Kier molecular flexibility index (Phi) is 4.15. The molecule has 1 unspecified atom stereocenters. The predicted octanol–water partition coefficient (Wildman–Crippen LogP) is 1.32. The van der Waals surface area contributed by atoms with Gasteiger partial charge in [0.15, 0.2) is 4.34 Å². The van der Waals surface area contributed by atoms with E-state index in [-0.39, 0.29) is 18.9 Å². The number of hydrogen-bond acceptors (Lipinski definition) is 7. The molecule has 100 valence electrons. The first-order chi connectivity index (χ1) is 8.41. The van der Waals surface area contributed by atoms with Crippen molar-refractivity contribution in [1.29, 1.82) is 0 Å². The molecule has 6 nitrogen and oxygen atoms in total. The van der Waals surface area contributed by atoms with Crippen LogP contribution in [0.5, 0.6) is 0 Å². The molecule has 0 spiro atoms. The summed E-state index contributed by atoms with van der Waals surface area (Å²) < 4.78 is 23.2. The highest BCUT2D eigenvalue weighted by molar-refractivity contribution is 8.14. The van der Waals surface area contributed by atoms with E-state index in [1.165, 1.54) is 28.0 Å². The zero-order valence-electron chi connectivity index (χ0n) is 9.37. The van der Waals surface area contributed by atoms with Crippen molar-refractivity contribution in [2.75, 3.05) is 17.2 Å². The minimum Gasteiger partial charge on any atom is -0.285 e. The molecule has 1 atom stereocenters. The molecule has 2 heterocycles. The van der Waals surface area contributed by atoms with Crippen LogP contribution in [0.15, 0.2) is 4.34 Å². The van der Waals surface area contributed by atoms with Crippen LogP contribution in [0.1, 0.15) is 13.3 Å². The van der Waals surface area contributed by atoms with Crippen molar-refractivity contribution in [3.63, 3.8) is 0 Å². The summed E-state index contributed by atoms with van der Waals surface area (Å²) in [7, 11) is 1.55. The van der Waals surface area contributed by atoms with Crippen LogP contribution in [0.25, 0.3) is 0 Å². The van der Waals surface area contributed by atoms with E-state index in [9.17, 15) is 13.2 Å². The van der Waals surface area contributed by atoms with Crippen molar-refractivity contribution in [3.05, 3.63) is 0 Å². The largest absolute Gasteiger partial charge is 0.285 e. The summed E-state index contributed by atoms with van der Waals surface area (Å²) in [6.45, 7) is 2.04. The van der Waals surface area contributed by atoms with Crippen LogP contribution < -0.4 is 4.90 Å². The fourth-order valence-electron chi connectivity index (χ4n) is 1.54. The van der Waals surface area contributed by atoms with Gasteiger partial charge in [-0.3, -0.25) is 9.69 Å². The molecular weight excluding hydrogens is 318 g/mol. The number of amides is 1. The molecule has 10 heteroatoms. The van der Waals surface area contributed by atoms with Crippen molar-refractivity contribution in [2.45, 2.75) is 22.9 Å². The van der Waals surface area contributed by atoms with Crippen molar-refractivity contribution < 1.29 is 13.2 Å². The van der Waals surface area contributed by atoms with Gasteiger partial charge in [0.1, 0.15) is 5.25 Å². The third kappa shape index (κ3) is 2.95. The number of hydrogen-bond donors (Lipinski definition) is 0. The maximum absolute atomic E-state index is 11.7. The third-order valence-electron chi connectivity index (χ3n) is 2.38. The molecule has 1 amide bonds. The van der Waals surface area contributed by atoms with Crippen LogP contribution in [-0.4, -0.2) is 42.1 Å². The lowest BCUT2D eigenvalue weighted by Gasteiger charge is -2.10. The first-order valence-electron chi connectivity index (χ1n) is 5.12. The number of thioether (sulfide) groups is 1. The second-order valence-electron chi connectivity index (χ2n) is 3.59. The van der Waals surface area contributed by atoms with E-state index in [1.807, 2.05) is 6.92 Å². The molecule has 1 fully saturated rings. The molecule has 1 saturated heterocycles. The first kappa shape index (κ1) is 14.0. The Morgan fingerprint density at radius 2 is 2.28 bits per heavy atom. The zero-order valence-corrected chi connectivity index (χ0v) is 12.6. The molecule has 1 aliphatic heterocycles. The van der Waals surface area contributed by atoms with Crippen LogP contribution in [-0.2, 0) is 13.8 Å². The fraction of sp³-hybridized carbons (Fsp3) is 0.625. The van der Waals surface area contributed by atoms with Gasteiger partial charge < -0.3 is 0 Å². The lowest BCUT2D eigenvalue weighted by molar-refractivity contribution is -0.117. The molecule has 0 aromatic carbocycles. The number of halogens is 1. The van der Waals surface area contributed by atoms with Crippen molar-refractivity contribution in [3.8, 4) is 0 Å². The van der Waals surface area contributed by atoms with Crippen molar-refractivity contribution in [1.82, 2.24) is 10.2 Å². The highest BCUT2D eigenvalue weighted by Crippen LogP contribution is 2.32. The smallest absolute Gasteiger partial charge is 0.237 e. The lowest BCUT2D eigenvalue weighted by Crippen LogP contribution is -2.26. The zero-order chi connectivity index (χ0) is 13.3. The van der Waals surface area contributed by atoms with Crippen LogP contribution in [0.3, 0.4) is 0 Å². The maximum Gasteiger partial charge on any atom is 0.237 e. The summed E-state index contributed by atoms with van der Waals surface area (Å²) in [6.07, 6.45) is -0.0956. The molecule has 1 aromatic rings. The van der Waals surface area contributed by atoms with Crippen LogP contribution in [0.2, 0.25) is 0 Å². The highest BCUT2D eigenvalue weighted by Gasteiger charge is 2.39. The number of aromatic nitrogens is 2. The van der Waals surface area contributed by atoms with Crippen LogP contribution in [0, 0.1) is 0 Å². The van der Waals surface area contributed by atoms with Gasteiger partial charge >= 0.3 is 0 Å². The van der Waals surface area contributed by atoms with E-state index in [1.54, 1.807) is 0 Å². The van der Waals surface area contributed by atoms with E-state index in [4.69, 9.17) is 10.7 Å². The Balaban J connectivity index is 2.16. The van der Waals surface area contributed by atoms with Gasteiger partial charge in [-0.15, -0.1) is 10.2 Å². The van der Waals surface area contributed by atoms with Gasteiger partial charge in [0.05, 0.1) is 0 Å². The Hall–Kier alpha value is -0.380. The van der Waals surface area contributed by atoms with Gasteiger partial charge in [-0.2, -0.15) is 0 Å². The quantitative estimate of drug-likeness (QED) is 0.471. The minimum atomic E-state index is -3.72. The van der Waals surface area contributed by atoms with Gasteiger partial charge in [-0.1, -0.05) is 30.0 Å². The molecule has 1 aromatic heterocycles. The first-order valence-corrected chi connectivity index (χ1v) is 9.29. The standard InChI is InChI=1S/C8H10ClN3O3S3/c1-2-16-8-11-10-7(17-8)12-4-5(3-6(12)13)18(9,14)15/h5H,2-4H2,1H3. The molecule has 0 N–H and O–H groups in total. The molecule has 0 aliphatic carbocycles. The topological polar surface area (TPSA) is 80.2 Å². The van der Waals surface area contributed by atoms with Gasteiger partial charge in [0.2, 0.25) is 20.1 Å². The van der Waals surface area contributed by atoms with Gasteiger partial charge in [-0.05, 0) is 5.75 Å². The number of nitrogens with zero attached hydrogens (tertiary/aromatic N) is 3. The van der Waals surface area contributed by atoms with E-state index < -0.39 is 14.3 Å². The molecular formula is C8H10ClN3O3S3. The Labute approximate surface area is 117 Å². The minimum absolute atomic E-state index is 0.0517. The van der Waals surface area contributed by atoms with E-state index in [2.05, 4.69) is 10.2 Å². The number of carbonyl (C=O) groups is 1.